The summed E-state index contributed by atoms with van der Waals surface area (Å²) < 4.78 is 35.4. The molecule has 1 aliphatic rings. The fraction of sp³-hybridized carbons (Fsp3) is 0.588. The molecule has 140 valence electrons. The predicted octanol–water partition coefficient (Wildman–Crippen LogP) is 1.13. The molecule has 1 aliphatic heterocycles. The van der Waals surface area contributed by atoms with Gasteiger partial charge in [-0.05, 0) is 36.6 Å². The van der Waals surface area contributed by atoms with Gasteiger partial charge in [-0.1, -0.05) is 0 Å². The van der Waals surface area contributed by atoms with Crippen molar-refractivity contribution in [2.45, 2.75) is 12.8 Å². The Balaban J connectivity index is 2.26. The number of ether oxygens (including phenoxy) is 2. The van der Waals surface area contributed by atoms with Crippen molar-refractivity contribution in [3.8, 4) is 0 Å². The Morgan fingerprint density at radius 1 is 1.20 bits per heavy atom. The van der Waals surface area contributed by atoms with Gasteiger partial charge in [0.05, 0.1) is 25.2 Å². The second kappa shape index (κ2) is 8.64. The largest absolute Gasteiger partial charge is 0.383 e. The van der Waals surface area contributed by atoms with E-state index in [0.29, 0.717) is 44.1 Å². The number of benzene rings is 1. The van der Waals surface area contributed by atoms with E-state index in [9.17, 15) is 13.2 Å². The first kappa shape index (κ1) is 19.7. The van der Waals surface area contributed by atoms with Gasteiger partial charge in [0, 0.05) is 39.4 Å². The van der Waals surface area contributed by atoms with Crippen molar-refractivity contribution in [3.05, 3.63) is 29.3 Å². The summed E-state index contributed by atoms with van der Waals surface area (Å²) in [5, 5.41) is 0. The Kier molecular flexibility index (Phi) is 6.80. The highest BCUT2D eigenvalue weighted by Gasteiger charge is 2.25. The second-order valence-corrected chi connectivity index (χ2v) is 7.97. The lowest BCUT2D eigenvalue weighted by molar-refractivity contribution is 0.0627. The Morgan fingerprint density at radius 2 is 1.84 bits per heavy atom. The number of carbonyl (C=O) groups is 1. The summed E-state index contributed by atoms with van der Waals surface area (Å²) in [7, 11) is -0.118. The topological polar surface area (TPSA) is 76.2 Å². The van der Waals surface area contributed by atoms with Gasteiger partial charge in [-0.25, -0.2) is 8.42 Å². The number of hydrogen-bond acceptors (Lipinski definition) is 5. The maximum Gasteiger partial charge on any atom is 0.254 e. The third-order valence-electron chi connectivity index (χ3n) is 4.22. The molecule has 0 N–H and O–H groups in total. The Labute approximate surface area is 149 Å². The van der Waals surface area contributed by atoms with Crippen molar-refractivity contribution in [3.63, 3.8) is 0 Å². The van der Waals surface area contributed by atoms with E-state index in [1.165, 1.54) is 10.6 Å². The summed E-state index contributed by atoms with van der Waals surface area (Å²) in [4.78, 5) is 14.5. The molecule has 1 aromatic carbocycles. The molecule has 0 saturated carbocycles. The number of aryl methyl sites for hydroxylation is 1. The Bertz CT molecular complexity index is 697. The quantitative estimate of drug-likeness (QED) is 0.686. The van der Waals surface area contributed by atoms with Crippen molar-refractivity contribution in [2.75, 3.05) is 57.6 Å². The van der Waals surface area contributed by atoms with Crippen LogP contribution in [0.2, 0.25) is 0 Å². The number of fused-ring (bicyclic) bond motifs is 1. The van der Waals surface area contributed by atoms with E-state index in [4.69, 9.17) is 9.47 Å². The third-order valence-corrected chi connectivity index (χ3v) is 5.40. The molecule has 0 bridgehead atoms. The molecule has 0 atom stereocenters. The van der Waals surface area contributed by atoms with Crippen LogP contribution in [0.4, 0.5) is 5.69 Å². The van der Waals surface area contributed by atoms with Gasteiger partial charge in [-0.2, -0.15) is 0 Å². The number of amides is 1. The highest BCUT2D eigenvalue weighted by atomic mass is 32.2. The van der Waals surface area contributed by atoms with Gasteiger partial charge in [0.25, 0.3) is 5.91 Å². The highest BCUT2D eigenvalue weighted by Crippen LogP contribution is 2.30. The zero-order valence-electron chi connectivity index (χ0n) is 15.0. The summed E-state index contributed by atoms with van der Waals surface area (Å²) in [5.74, 6) is -0.103. The number of methoxy groups -OCH3 is 2. The molecule has 0 radical (unpaired) electrons. The molecular formula is C17H26N2O5S. The minimum absolute atomic E-state index is 0.103. The minimum atomic E-state index is -3.31. The molecular weight excluding hydrogens is 344 g/mol. The van der Waals surface area contributed by atoms with Gasteiger partial charge in [0.2, 0.25) is 10.0 Å². The van der Waals surface area contributed by atoms with Gasteiger partial charge in [0.15, 0.2) is 0 Å². The molecule has 1 amide bonds. The van der Waals surface area contributed by atoms with E-state index in [1.54, 1.807) is 31.3 Å². The number of carbonyl (C=O) groups excluding carboxylic acids is 1. The molecule has 0 aromatic heterocycles. The SMILES string of the molecule is COCCN(CCOC)C(=O)c1ccc2c(c1)CCCN2S(C)(=O)=O. The minimum Gasteiger partial charge on any atom is -0.383 e. The van der Waals surface area contributed by atoms with Gasteiger partial charge in [-0.3, -0.25) is 9.10 Å². The smallest absolute Gasteiger partial charge is 0.254 e. The molecule has 1 heterocycles. The van der Waals surface area contributed by atoms with Gasteiger partial charge >= 0.3 is 0 Å². The van der Waals surface area contributed by atoms with Gasteiger partial charge in [-0.15, -0.1) is 0 Å². The molecule has 2 rings (SSSR count). The van der Waals surface area contributed by atoms with Gasteiger partial charge < -0.3 is 14.4 Å². The van der Waals surface area contributed by atoms with Crippen LogP contribution in [-0.4, -0.2) is 72.5 Å². The first-order valence-corrected chi connectivity index (χ1v) is 10.1. The Hall–Kier alpha value is -1.64. The van der Waals surface area contributed by atoms with Crippen LogP contribution in [-0.2, 0) is 25.9 Å². The van der Waals surface area contributed by atoms with E-state index in [0.717, 1.165) is 18.4 Å². The predicted molar refractivity (Wildman–Crippen MR) is 96.6 cm³/mol. The number of hydrogen-bond donors (Lipinski definition) is 0. The highest BCUT2D eigenvalue weighted by molar-refractivity contribution is 7.92. The number of sulfonamides is 1. The Morgan fingerprint density at radius 3 is 2.40 bits per heavy atom. The number of anilines is 1. The molecule has 7 nitrogen and oxygen atoms in total. The maximum absolute atomic E-state index is 12.8. The third kappa shape index (κ3) is 4.93. The van der Waals surface area contributed by atoms with Crippen molar-refractivity contribution < 1.29 is 22.7 Å². The monoisotopic (exact) mass is 370 g/mol. The summed E-state index contributed by atoms with van der Waals surface area (Å²) in [5.41, 5.74) is 2.12. The first-order valence-electron chi connectivity index (χ1n) is 8.26. The van der Waals surface area contributed by atoms with Crippen LogP contribution in [0, 0.1) is 0 Å². The second-order valence-electron chi connectivity index (χ2n) is 6.06. The first-order chi connectivity index (χ1) is 11.9. The van der Waals surface area contributed by atoms with Crippen LogP contribution in [0.3, 0.4) is 0 Å². The molecule has 25 heavy (non-hydrogen) atoms. The normalized spacial score (nSPS) is 14.3. The van der Waals surface area contributed by atoms with Gasteiger partial charge in [0.1, 0.15) is 0 Å². The maximum atomic E-state index is 12.8. The van der Waals surface area contributed by atoms with Crippen molar-refractivity contribution in [1.82, 2.24) is 4.90 Å². The van der Waals surface area contributed by atoms with Crippen molar-refractivity contribution in [1.29, 1.82) is 0 Å². The summed E-state index contributed by atoms with van der Waals surface area (Å²) in [6.07, 6.45) is 2.71. The average Bonchev–Trinajstić information content (AvgIpc) is 2.59. The number of rotatable bonds is 8. The number of nitrogens with zero attached hydrogens (tertiary/aromatic N) is 2. The molecule has 1 aromatic rings. The van der Waals surface area contributed by atoms with Crippen LogP contribution >= 0.6 is 0 Å². The zero-order valence-corrected chi connectivity index (χ0v) is 15.8. The van der Waals surface area contributed by atoms with E-state index in [1.807, 2.05) is 6.07 Å². The fourth-order valence-corrected chi connectivity index (χ4v) is 3.94. The lowest BCUT2D eigenvalue weighted by atomic mass is 10.0. The van der Waals surface area contributed by atoms with Crippen LogP contribution in [0.5, 0.6) is 0 Å². The van der Waals surface area contributed by atoms with Crippen molar-refractivity contribution in [2.24, 2.45) is 0 Å². The lowest BCUT2D eigenvalue weighted by Gasteiger charge is -2.30. The van der Waals surface area contributed by atoms with Crippen molar-refractivity contribution >= 4 is 21.6 Å². The summed E-state index contributed by atoms with van der Waals surface area (Å²) in [6.45, 7) is 2.33. The lowest BCUT2D eigenvalue weighted by Crippen LogP contribution is -2.37. The molecule has 0 spiro atoms. The van der Waals surface area contributed by atoms with E-state index in [2.05, 4.69) is 0 Å². The average molecular weight is 370 g/mol. The molecule has 0 saturated heterocycles. The van der Waals surface area contributed by atoms with Crippen LogP contribution < -0.4 is 4.31 Å². The van der Waals surface area contributed by atoms with Crippen LogP contribution in [0.25, 0.3) is 0 Å². The van der Waals surface area contributed by atoms with Crippen LogP contribution in [0.1, 0.15) is 22.3 Å². The van der Waals surface area contributed by atoms with E-state index < -0.39 is 10.0 Å². The summed E-state index contributed by atoms with van der Waals surface area (Å²) >= 11 is 0. The zero-order chi connectivity index (χ0) is 18.4. The molecule has 8 heteroatoms. The molecule has 0 fully saturated rings. The van der Waals surface area contributed by atoms with Crippen LogP contribution in [0.15, 0.2) is 18.2 Å². The molecule has 0 unspecified atom stereocenters. The molecule has 0 aliphatic carbocycles. The van der Waals surface area contributed by atoms with E-state index in [-0.39, 0.29) is 5.91 Å². The fourth-order valence-electron chi connectivity index (χ4n) is 2.94. The summed E-state index contributed by atoms with van der Waals surface area (Å²) in [6, 6.07) is 5.23. The van der Waals surface area contributed by atoms with E-state index >= 15 is 0 Å². The standard InChI is InChI=1S/C17H26N2O5S/c1-23-11-9-18(10-12-24-2)17(20)15-6-7-16-14(13-15)5-4-8-19(16)25(3,21)22/h6-7,13H,4-5,8-12H2,1-3H3.